The van der Waals surface area contributed by atoms with Crippen molar-refractivity contribution < 1.29 is 48.6 Å². The number of esters is 1. The molecule has 1 saturated heterocycles. The summed E-state index contributed by atoms with van der Waals surface area (Å²) >= 11 is 0. The van der Waals surface area contributed by atoms with Gasteiger partial charge in [-0.05, 0) is 65.8 Å². The summed E-state index contributed by atoms with van der Waals surface area (Å²) in [6.07, 6.45) is -0.522. The first kappa shape index (κ1) is 39.6. The van der Waals surface area contributed by atoms with Crippen molar-refractivity contribution in [3.63, 3.8) is 0 Å². The Morgan fingerprint density at radius 3 is 2.25 bits per heavy atom. The van der Waals surface area contributed by atoms with E-state index in [1.165, 1.54) is 11.0 Å². The normalized spacial score (nSPS) is 14.8. The quantitative estimate of drug-likeness (QED) is 0.0778. The minimum atomic E-state index is -1.57. The van der Waals surface area contributed by atoms with Gasteiger partial charge in [0.15, 0.2) is 18.1 Å². The molecular formula is C40H40N4O11. The lowest BCUT2D eigenvalue weighted by atomic mass is 10.00. The number of nitro groups is 1. The van der Waals surface area contributed by atoms with E-state index in [9.17, 15) is 49.1 Å². The minimum Gasteiger partial charge on any atom is -0.502 e. The van der Waals surface area contributed by atoms with Crippen LogP contribution in [-0.2, 0) is 41.6 Å². The van der Waals surface area contributed by atoms with Crippen molar-refractivity contribution in [1.29, 1.82) is 0 Å². The van der Waals surface area contributed by atoms with Crippen LogP contribution >= 0.6 is 0 Å². The maximum atomic E-state index is 14.3. The molecule has 0 spiro atoms. The predicted octanol–water partition coefficient (Wildman–Crippen LogP) is 3.72. The topological polar surface area (TPSA) is 223 Å². The molecule has 5 rings (SSSR count). The molecule has 0 aromatic heterocycles. The van der Waals surface area contributed by atoms with Gasteiger partial charge in [0.2, 0.25) is 17.7 Å². The number of rotatable bonds is 15. The van der Waals surface area contributed by atoms with E-state index in [0.717, 1.165) is 22.9 Å². The number of likely N-dealkylation sites (tertiary alicyclic amines) is 1. The van der Waals surface area contributed by atoms with Crippen LogP contribution in [0.3, 0.4) is 0 Å². The molecule has 286 valence electrons. The molecule has 1 aliphatic heterocycles. The minimum absolute atomic E-state index is 0.0254. The summed E-state index contributed by atoms with van der Waals surface area (Å²) in [6.45, 7) is 2.73. The van der Waals surface area contributed by atoms with Crippen molar-refractivity contribution in [2.45, 2.75) is 64.1 Å². The van der Waals surface area contributed by atoms with E-state index in [1.807, 2.05) is 42.5 Å². The van der Waals surface area contributed by atoms with Gasteiger partial charge in [-0.15, -0.1) is 0 Å². The van der Waals surface area contributed by atoms with E-state index in [0.29, 0.717) is 23.1 Å². The Hall–Kier alpha value is -6.64. The molecule has 0 aliphatic carbocycles. The number of carboxylic acids is 1. The van der Waals surface area contributed by atoms with Gasteiger partial charge in [0.1, 0.15) is 18.1 Å². The number of amides is 3. The average Bonchev–Trinajstić information content (AvgIpc) is 3.63. The second-order valence-electron chi connectivity index (χ2n) is 13.4. The largest absolute Gasteiger partial charge is 0.502 e. The molecule has 55 heavy (non-hydrogen) atoms. The number of aromatic hydroxyl groups is 1. The number of Topliss-reactive ketones (excluding diaryl/α,β-unsaturated/α-hetero) is 1. The molecule has 3 atom stereocenters. The van der Waals surface area contributed by atoms with Gasteiger partial charge in [-0.3, -0.25) is 34.1 Å². The van der Waals surface area contributed by atoms with Crippen LogP contribution in [0.2, 0.25) is 0 Å². The van der Waals surface area contributed by atoms with Crippen LogP contribution in [-0.4, -0.2) is 86.8 Å². The van der Waals surface area contributed by atoms with Crippen LogP contribution < -0.4 is 10.6 Å². The maximum absolute atomic E-state index is 14.3. The number of carboxylic acid groups (broad SMARTS) is 1. The Balaban J connectivity index is 1.32. The van der Waals surface area contributed by atoms with E-state index < -0.39 is 83.0 Å². The van der Waals surface area contributed by atoms with Crippen LogP contribution in [0, 0.1) is 24.0 Å². The zero-order valence-corrected chi connectivity index (χ0v) is 30.2. The van der Waals surface area contributed by atoms with Crippen molar-refractivity contribution in [1.82, 2.24) is 15.5 Å². The molecule has 4 N–H and O–H groups in total. The molecule has 1 aliphatic rings. The van der Waals surface area contributed by atoms with E-state index in [1.54, 1.807) is 32.0 Å². The van der Waals surface area contributed by atoms with Crippen molar-refractivity contribution in [2.24, 2.45) is 0 Å². The number of aliphatic carboxylic acids is 1. The van der Waals surface area contributed by atoms with Gasteiger partial charge in [0.05, 0.1) is 23.3 Å². The van der Waals surface area contributed by atoms with Crippen molar-refractivity contribution >= 4 is 51.9 Å². The van der Waals surface area contributed by atoms with Gasteiger partial charge >= 0.3 is 17.6 Å². The number of hydrogen-bond acceptors (Lipinski definition) is 10. The zero-order valence-electron chi connectivity index (χ0n) is 30.2. The molecule has 15 heteroatoms. The number of carbonyl (C=O) groups is 6. The van der Waals surface area contributed by atoms with E-state index in [-0.39, 0.29) is 36.9 Å². The predicted molar refractivity (Wildman–Crippen MR) is 198 cm³/mol. The van der Waals surface area contributed by atoms with Gasteiger partial charge in [-0.25, -0.2) is 4.79 Å². The highest BCUT2D eigenvalue weighted by Gasteiger charge is 2.39. The standard InChI is InChI=1S/C40H40N4O11/c1-23-7-5-8-24(2)37(23)40(52)55-22-34(46)29(21-36(48)49)42-38(50)32-11-6-16-43(32)39(51)30(18-25-12-14-27-9-3-4-10-28(27)17-25)41-35(47)20-26-13-15-31(44(53)54)33(45)19-26/h3-5,7-10,12-15,17,19,29-30,32,45H,6,11,16,18,20-22H2,1-2H3,(H,41,47)(H,42,50)(H,48,49)/t29-,30-,32?/m0/s1. The van der Waals surface area contributed by atoms with E-state index >= 15 is 0 Å². The van der Waals surface area contributed by atoms with Crippen LogP contribution in [0.4, 0.5) is 5.69 Å². The fourth-order valence-electron chi connectivity index (χ4n) is 6.70. The summed E-state index contributed by atoms with van der Waals surface area (Å²) in [5.41, 5.74) is 1.94. The Morgan fingerprint density at radius 2 is 1.58 bits per heavy atom. The number of hydrogen-bond donors (Lipinski definition) is 4. The van der Waals surface area contributed by atoms with Gasteiger partial charge in [-0.2, -0.15) is 0 Å². The fraction of sp³-hybridized carbons (Fsp3) is 0.300. The molecule has 4 aromatic carbocycles. The third-order valence-electron chi connectivity index (χ3n) is 9.44. The lowest BCUT2D eigenvalue weighted by Crippen LogP contribution is -2.56. The highest BCUT2D eigenvalue weighted by molar-refractivity contribution is 5.99. The summed E-state index contributed by atoms with van der Waals surface area (Å²) in [6, 6.07) is 17.9. The summed E-state index contributed by atoms with van der Waals surface area (Å²) in [5.74, 6) is -5.66. The Kier molecular flexibility index (Phi) is 12.6. The number of carbonyl (C=O) groups excluding carboxylic acids is 5. The number of nitro benzene ring substituents is 1. The Bertz CT molecular complexity index is 2150. The molecule has 0 radical (unpaired) electrons. The lowest BCUT2D eigenvalue weighted by molar-refractivity contribution is -0.385. The van der Waals surface area contributed by atoms with Gasteiger partial charge in [0.25, 0.3) is 0 Å². The summed E-state index contributed by atoms with van der Waals surface area (Å²) < 4.78 is 5.22. The molecule has 1 unspecified atom stereocenters. The first-order chi connectivity index (χ1) is 26.2. The molecule has 0 saturated carbocycles. The van der Waals surface area contributed by atoms with Crippen LogP contribution in [0.5, 0.6) is 5.75 Å². The number of phenolic OH excluding ortho intramolecular Hbond substituents is 1. The monoisotopic (exact) mass is 752 g/mol. The third-order valence-corrected chi connectivity index (χ3v) is 9.44. The summed E-state index contributed by atoms with van der Waals surface area (Å²) in [4.78, 5) is 90.6. The number of nitrogens with one attached hydrogen (secondary N) is 2. The molecule has 15 nitrogen and oxygen atoms in total. The molecule has 1 fully saturated rings. The molecule has 1 heterocycles. The van der Waals surface area contributed by atoms with Gasteiger partial charge < -0.3 is 30.5 Å². The average molecular weight is 753 g/mol. The van der Waals surface area contributed by atoms with Gasteiger partial charge in [-0.1, -0.05) is 66.7 Å². The van der Waals surface area contributed by atoms with Crippen LogP contribution in [0.25, 0.3) is 10.8 Å². The smallest absolute Gasteiger partial charge is 0.339 e. The molecule has 3 amide bonds. The number of ether oxygens (including phenoxy) is 1. The van der Waals surface area contributed by atoms with Crippen molar-refractivity contribution in [3.05, 3.63) is 117 Å². The van der Waals surface area contributed by atoms with E-state index in [4.69, 9.17) is 4.74 Å². The lowest BCUT2D eigenvalue weighted by Gasteiger charge is -2.30. The summed E-state index contributed by atoms with van der Waals surface area (Å²) in [5, 5.41) is 37.8. The van der Waals surface area contributed by atoms with Crippen LogP contribution in [0.1, 0.15) is 51.9 Å². The second kappa shape index (κ2) is 17.5. The first-order valence-corrected chi connectivity index (χ1v) is 17.5. The summed E-state index contributed by atoms with van der Waals surface area (Å²) in [7, 11) is 0. The van der Waals surface area contributed by atoms with Crippen molar-refractivity contribution in [2.75, 3.05) is 13.2 Å². The molecule has 4 aromatic rings. The maximum Gasteiger partial charge on any atom is 0.339 e. The van der Waals surface area contributed by atoms with Gasteiger partial charge in [0, 0.05) is 19.0 Å². The van der Waals surface area contributed by atoms with E-state index in [2.05, 4.69) is 10.6 Å². The Labute approximate surface area is 315 Å². The number of ketones is 1. The molecular weight excluding hydrogens is 712 g/mol. The number of phenols is 1. The zero-order chi connectivity index (χ0) is 39.8. The first-order valence-electron chi connectivity index (χ1n) is 17.5. The second-order valence-corrected chi connectivity index (χ2v) is 13.4. The highest BCUT2D eigenvalue weighted by Crippen LogP contribution is 2.27. The Morgan fingerprint density at radius 1 is 0.891 bits per heavy atom. The van der Waals surface area contributed by atoms with Crippen LogP contribution in [0.15, 0.2) is 78.9 Å². The number of benzene rings is 4. The third kappa shape index (κ3) is 9.87. The van der Waals surface area contributed by atoms with Crippen molar-refractivity contribution in [3.8, 4) is 5.75 Å². The number of fused-ring (bicyclic) bond motifs is 1. The highest BCUT2D eigenvalue weighted by atomic mass is 16.6. The number of aryl methyl sites for hydroxylation is 2. The molecule has 0 bridgehead atoms. The SMILES string of the molecule is Cc1cccc(C)c1C(=O)OCC(=O)[C@H](CC(=O)O)NC(=O)C1CCCN1C(=O)[C@H](Cc1ccc2ccccc2c1)NC(=O)Cc1ccc([N+](=O)[O-])c(O)c1. The number of nitrogens with zero attached hydrogens (tertiary/aromatic N) is 2. The fourth-order valence-corrected chi connectivity index (χ4v) is 6.70.